The van der Waals surface area contributed by atoms with Gasteiger partial charge < -0.3 is 21.5 Å². The Balaban J connectivity index is 2.33. The zero-order valence-corrected chi connectivity index (χ0v) is 10.6. The zero-order chi connectivity index (χ0) is 14.2. The molecule has 0 saturated carbocycles. The average molecular weight is 264 g/mol. The van der Waals surface area contributed by atoms with Crippen molar-refractivity contribution in [3.63, 3.8) is 0 Å². The van der Waals surface area contributed by atoms with Crippen LogP contribution in [-0.4, -0.2) is 35.1 Å². The van der Waals surface area contributed by atoms with Gasteiger partial charge in [-0.1, -0.05) is 0 Å². The van der Waals surface area contributed by atoms with E-state index >= 15 is 0 Å². The van der Waals surface area contributed by atoms with Crippen LogP contribution in [0, 0.1) is 5.41 Å². The Labute approximate surface area is 110 Å². The summed E-state index contributed by atoms with van der Waals surface area (Å²) in [4.78, 5) is 28.3. The number of aromatic carboxylic acids is 1. The molecule has 2 rings (SSSR count). The summed E-state index contributed by atoms with van der Waals surface area (Å²) in [5, 5.41) is 9.02. The summed E-state index contributed by atoms with van der Waals surface area (Å²) in [5.41, 5.74) is 10.7. The van der Waals surface area contributed by atoms with Gasteiger partial charge in [-0.25, -0.2) is 9.78 Å². The first kappa shape index (κ1) is 13.1. The van der Waals surface area contributed by atoms with Gasteiger partial charge in [0.1, 0.15) is 0 Å². The Morgan fingerprint density at radius 1 is 1.53 bits per heavy atom. The Hall–Kier alpha value is -2.31. The maximum atomic E-state index is 11.4. The predicted molar refractivity (Wildman–Crippen MR) is 69.7 cm³/mol. The van der Waals surface area contributed by atoms with Gasteiger partial charge in [-0.15, -0.1) is 0 Å². The highest BCUT2D eigenvalue weighted by Gasteiger charge is 2.40. The van der Waals surface area contributed by atoms with Crippen molar-refractivity contribution < 1.29 is 14.7 Å². The first-order valence-corrected chi connectivity index (χ1v) is 5.88. The summed E-state index contributed by atoms with van der Waals surface area (Å²) >= 11 is 0. The molecule has 0 radical (unpaired) electrons. The highest BCUT2D eigenvalue weighted by atomic mass is 16.4. The summed E-state index contributed by atoms with van der Waals surface area (Å²) in [7, 11) is 0. The standard InChI is InChI=1S/C12H16N4O3/c1-12(11(14)19)3-5-16(6-12)9-8(13)7(10(17)18)2-4-15-9/h2,4H,3,5-6,13H2,1H3,(H2,14,19)(H,17,18). The van der Waals surface area contributed by atoms with Crippen LogP contribution in [0.1, 0.15) is 23.7 Å². The van der Waals surface area contributed by atoms with Gasteiger partial charge in [0.2, 0.25) is 5.91 Å². The van der Waals surface area contributed by atoms with E-state index in [2.05, 4.69) is 4.98 Å². The molecule has 19 heavy (non-hydrogen) atoms. The van der Waals surface area contributed by atoms with Gasteiger partial charge >= 0.3 is 5.97 Å². The van der Waals surface area contributed by atoms with Gasteiger partial charge in [0.05, 0.1) is 16.7 Å². The summed E-state index contributed by atoms with van der Waals surface area (Å²) in [5.74, 6) is -1.08. The second-order valence-electron chi connectivity index (χ2n) is 5.00. The number of nitrogens with two attached hydrogens (primary N) is 2. The largest absolute Gasteiger partial charge is 0.478 e. The summed E-state index contributed by atoms with van der Waals surface area (Å²) in [6.07, 6.45) is 2.00. The molecule has 1 aliphatic rings. The number of primary amides is 1. The lowest BCUT2D eigenvalue weighted by molar-refractivity contribution is -0.125. The van der Waals surface area contributed by atoms with Gasteiger partial charge in [-0.05, 0) is 19.4 Å². The third-order valence-corrected chi connectivity index (χ3v) is 3.57. The van der Waals surface area contributed by atoms with Crippen LogP contribution in [-0.2, 0) is 4.79 Å². The maximum Gasteiger partial charge on any atom is 0.337 e. The number of aromatic nitrogens is 1. The quantitative estimate of drug-likeness (QED) is 0.709. The first-order chi connectivity index (χ1) is 8.85. The number of nitrogens with zero attached hydrogens (tertiary/aromatic N) is 2. The van der Waals surface area contributed by atoms with E-state index < -0.39 is 11.4 Å². The lowest BCUT2D eigenvalue weighted by Gasteiger charge is -2.23. The highest BCUT2D eigenvalue weighted by molar-refractivity contribution is 5.96. The van der Waals surface area contributed by atoms with Gasteiger partial charge in [-0.3, -0.25) is 4.79 Å². The molecule has 7 heteroatoms. The molecule has 5 N–H and O–H groups in total. The molecule has 0 aliphatic carbocycles. The number of hydrogen-bond donors (Lipinski definition) is 3. The Bertz CT molecular complexity index is 546. The Morgan fingerprint density at radius 3 is 2.74 bits per heavy atom. The lowest BCUT2D eigenvalue weighted by Crippen LogP contribution is -2.37. The van der Waals surface area contributed by atoms with E-state index in [4.69, 9.17) is 16.6 Å². The number of carboxylic acids is 1. The fraction of sp³-hybridized carbons (Fsp3) is 0.417. The topological polar surface area (TPSA) is 123 Å². The molecule has 1 amide bonds. The van der Waals surface area contributed by atoms with E-state index in [1.165, 1.54) is 12.3 Å². The SMILES string of the molecule is CC1(C(N)=O)CCN(c2nccc(C(=O)O)c2N)C1. The Morgan fingerprint density at radius 2 is 2.21 bits per heavy atom. The van der Waals surface area contributed by atoms with Crippen LogP contribution in [0.2, 0.25) is 0 Å². The van der Waals surface area contributed by atoms with Crippen LogP contribution in [0.5, 0.6) is 0 Å². The second kappa shape index (κ2) is 4.42. The van der Waals surface area contributed by atoms with Crippen LogP contribution in [0.15, 0.2) is 12.3 Å². The fourth-order valence-electron chi connectivity index (χ4n) is 2.24. The van der Waals surface area contributed by atoms with E-state index in [1.54, 1.807) is 11.8 Å². The second-order valence-corrected chi connectivity index (χ2v) is 5.00. The van der Waals surface area contributed by atoms with Crippen molar-refractivity contribution in [3.05, 3.63) is 17.8 Å². The molecular formula is C12H16N4O3. The van der Waals surface area contributed by atoms with Gasteiger partial charge in [0, 0.05) is 19.3 Å². The van der Waals surface area contributed by atoms with Crippen molar-refractivity contribution >= 4 is 23.4 Å². The first-order valence-electron chi connectivity index (χ1n) is 5.88. The molecule has 102 valence electrons. The van der Waals surface area contributed by atoms with Crippen LogP contribution >= 0.6 is 0 Å². The van der Waals surface area contributed by atoms with E-state index in [-0.39, 0.29) is 17.2 Å². The third-order valence-electron chi connectivity index (χ3n) is 3.57. The molecule has 2 heterocycles. The predicted octanol–water partition coefficient (Wildman–Crippen LogP) is 0.0637. The molecule has 1 aliphatic heterocycles. The number of nitrogen functional groups attached to an aromatic ring is 1. The van der Waals surface area contributed by atoms with Gasteiger partial charge in [-0.2, -0.15) is 0 Å². The number of carbonyl (C=O) groups excluding carboxylic acids is 1. The monoisotopic (exact) mass is 264 g/mol. The molecule has 7 nitrogen and oxygen atoms in total. The number of pyridine rings is 1. The number of carbonyl (C=O) groups is 2. The highest BCUT2D eigenvalue weighted by Crippen LogP contribution is 2.35. The van der Waals surface area contributed by atoms with Crippen molar-refractivity contribution in [2.75, 3.05) is 23.7 Å². The minimum Gasteiger partial charge on any atom is -0.478 e. The zero-order valence-electron chi connectivity index (χ0n) is 10.6. The van der Waals surface area contributed by atoms with E-state index in [0.29, 0.717) is 25.3 Å². The molecule has 1 saturated heterocycles. The van der Waals surface area contributed by atoms with Crippen LogP contribution < -0.4 is 16.4 Å². The minimum atomic E-state index is -1.10. The van der Waals surface area contributed by atoms with Crippen LogP contribution in [0.25, 0.3) is 0 Å². The normalized spacial score (nSPS) is 22.5. The minimum absolute atomic E-state index is 0.0117. The molecule has 1 fully saturated rings. The number of anilines is 2. The van der Waals surface area contributed by atoms with Crippen molar-refractivity contribution in [1.29, 1.82) is 0 Å². The molecule has 0 aromatic carbocycles. The number of rotatable bonds is 3. The lowest BCUT2D eigenvalue weighted by atomic mass is 9.89. The molecule has 1 unspecified atom stereocenters. The summed E-state index contributed by atoms with van der Waals surface area (Å²) in [6, 6.07) is 1.35. The third kappa shape index (κ3) is 2.18. The maximum absolute atomic E-state index is 11.4. The van der Waals surface area contributed by atoms with Crippen LogP contribution in [0.3, 0.4) is 0 Å². The number of hydrogen-bond acceptors (Lipinski definition) is 5. The fourth-order valence-corrected chi connectivity index (χ4v) is 2.24. The van der Waals surface area contributed by atoms with E-state index in [0.717, 1.165) is 0 Å². The molecule has 1 aromatic heterocycles. The molecule has 0 spiro atoms. The summed E-state index contributed by atoms with van der Waals surface area (Å²) < 4.78 is 0. The molecular weight excluding hydrogens is 248 g/mol. The van der Waals surface area contributed by atoms with Crippen molar-refractivity contribution in [3.8, 4) is 0 Å². The smallest absolute Gasteiger partial charge is 0.337 e. The Kier molecular flexibility index (Phi) is 3.05. The average Bonchev–Trinajstić information content (AvgIpc) is 2.73. The van der Waals surface area contributed by atoms with Crippen molar-refractivity contribution in [2.45, 2.75) is 13.3 Å². The molecule has 1 atom stereocenters. The van der Waals surface area contributed by atoms with Crippen LogP contribution in [0.4, 0.5) is 11.5 Å². The number of amides is 1. The van der Waals surface area contributed by atoms with Crippen molar-refractivity contribution in [2.24, 2.45) is 11.1 Å². The number of carboxylic acid groups (broad SMARTS) is 1. The van der Waals surface area contributed by atoms with E-state index in [1.807, 2.05) is 0 Å². The van der Waals surface area contributed by atoms with E-state index in [9.17, 15) is 9.59 Å². The molecule has 0 bridgehead atoms. The summed E-state index contributed by atoms with van der Waals surface area (Å²) in [6.45, 7) is 2.74. The molecule has 1 aromatic rings. The van der Waals surface area contributed by atoms with Crippen molar-refractivity contribution in [1.82, 2.24) is 4.98 Å². The van der Waals surface area contributed by atoms with Gasteiger partial charge in [0.25, 0.3) is 0 Å². The van der Waals surface area contributed by atoms with Gasteiger partial charge in [0.15, 0.2) is 5.82 Å².